The molecule has 1 saturated heterocycles. The zero-order valence-corrected chi connectivity index (χ0v) is 17.8. The van der Waals surface area contributed by atoms with Crippen molar-refractivity contribution in [2.45, 2.75) is 58.2 Å². The van der Waals surface area contributed by atoms with Gasteiger partial charge in [0.2, 0.25) is 0 Å². The number of likely N-dealkylation sites (tertiary alicyclic amines) is 1. The third kappa shape index (κ3) is 5.50. The highest BCUT2D eigenvalue weighted by Gasteiger charge is 2.36. The zero-order valence-electron chi connectivity index (χ0n) is 17.8. The van der Waals surface area contributed by atoms with Crippen molar-refractivity contribution < 1.29 is 13.6 Å². The van der Waals surface area contributed by atoms with E-state index in [2.05, 4.69) is 29.0 Å². The van der Waals surface area contributed by atoms with E-state index in [9.17, 15) is 13.6 Å². The summed E-state index contributed by atoms with van der Waals surface area (Å²) in [5.41, 5.74) is -1.04. The highest BCUT2D eigenvalue weighted by molar-refractivity contribution is 5.97. The number of nitrogens with zero attached hydrogens (tertiary/aromatic N) is 2. The first kappa shape index (κ1) is 21.6. The molecule has 1 N–H and O–H groups in total. The molecule has 2 unspecified atom stereocenters. The summed E-state index contributed by atoms with van der Waals surface area (Å²) in [5, 5.41) is 3.75. The Morgan fingerprint density at radius 2 is 2.17 bits per heavy atom. The van der Waals surface area contributed by atoms with Crippen LogP contribution in [0.15, 0.2) is 30.5 Å². The fourth-order valence-electron chi connectivity index (χ4n) is 4.57. The number of hydrogen-bond donors (Lipinski definition) is 1. The van der Waals surface area contributed by atoms with Crippen molar-refractivity contribution >= 4 is 16.8 Å². The van der Waals surface area contributed by atoms with Gasteiger partial charge in [-0.1, -0.05) is 26.0 Å². The highest BCUT2D eigenvalue weighted by atomic mass is 19.1. The van der Waals surface area contributed by atoms with E-state index in [1.54, 1.807) is 25.1 Å². The standard InChI is InChI=1S/C23H31F2N3O/c1-16(2)12-23(4,15-28-10-6-9-22(3,25)14-28)27-21(29)18-11-17-7-5-8-19(24)20(17)26-13-18/h5,7-8,11,13,16H,6,9-10,12,14-15H2,1-4H3,(H,27,29). The molecule has 4 nitrogen and oxygen atoms in total. The maximum atomic E-state index is 14.5. The molecule has 0 bridgehead atoms. The maximum Gasteiger partial charge on any atom is 0.253 e. The predicted octanol–water partition coefficient (Wildman–Crippen LogP) is 4.73. The largest absolute Gasteiger partial charge is 0.346 e. The smallest absolute Gasteiger partial charge is 0.253 e. The number of piperidine rings is 1. The zero-order chi connectivity index (χ0) is 21.2. The molecule has 2 aromatic rings. The number of aromatic nitrogens is 1. The van der Waals surface area contributed by atoms with Crippen LogP contribution in [0.4, 0.5) is 8.78 Å². The van der Waals surface area contributed by atoms with Crippen molar-refractivity contribution in [3.63, 3.8) is 0 Å². The summed E-state index contributed by atoms with van der Waals surface area (Å²) in [7, 11) is 0. The quantitative estimate of drug-likeness (QED) is 0.758. The van der Waals surface area contributed by atoms with Gasteiger partial charge in [0.25, 0.3) is 5.91 Å². The summed E-state index contributed by atoms with van der Waals surface area (Å²) in [6, 6.07) is 6.36. The molecule has 2 heterocycles. The van der Waals surface area contributed by atoms with E-state index in [1.807, 2.05) is 6.92 Å². The molecule has 158 valence electrons. The molecule has 1 aliphatic rings. The third-order valence-corrected chi connectivity index (χ3v) is 5.50. The Hall–Kier alpha value is -2.08. The van der Waals surface area contributed by atoms with E-state index in [4.69, 9.17) is 0 Å². The minimum atomic E-state index is -1.19. The number of carbonyl (C=O) groups excluding carboxylic acids is 1. The lowest BCUT2D eigenvalue weighted by atomic mass is 9.88. The van der Waals surface area contributed by atoms with Crippen LogP contribution in [0.3, 0.4) is 0 Å². The minimum Gasteiger partial charge on any atom is -0.346 e. The van der Waals surface area contributed by atoms with Crippen LogP contribution in [-0.2, 0) is 0 Å². The van der Waals surface area contributed by atoms with Crippen LogP contribution in [0.1, 0.15) is 57.3 Å². The van der Waals surface area contributed by atoms with Crippen LogP contribution in [0.5, 0.6) is 0 Å². The van der Waals surface area contributed by atoms with E-state index in [1.165, 1.54) is 12.3 Å². The Bertz CT molecular complexity index is 884. The van der Waals surface area contributed by atoms with Crippen LogP contribution in [0, 0.1) is 11.7 Å². The fourth-order valence-corrected chi connectivity index (χ4v) is 4.57. The number of nitrogens with one attached hydrogen (secondary N) is 1. The number of benzene rings is 1. The van der Waals surface area contributed by atoms with Gasteiger partial charge < -0.3 is 5.32 Å². The van der Waals surface area contributed by atoms with Crippen LogP contribution >= 0.6 is 0 Å². The topological polar surface area (TPSA) is 45.2 Å². The average molecular weight is 404 g/mol. The Morgan fingerprint density at radius 3 is 2.86 bits per heavy atom. The number of fused-ring (bicyclic) bond motifs is 1. The molecule has 0 radical (unpaired) electrons. The molecule has 1 aromatic heterocycles. The van der Waals surface area contributed by atoms with E-state index in [0.29, 0.717) is 36.4 Å². The Balaban J connectivity index is 1.79. The summed E-state index contributed by atoms with van der Waals surface area (Å²) in [6.45, 7) is 9.69. The van der Waals surface area contributed by atoms with Crippen molar-refractivity contribution in [2.24, 2.45) is 5.92 Å². The maximum absolute atomic E-state index is 14.5. The molecule has 0 aliphatic carbocycles. The Labute approximate surface area is 171 Å². The Morgan fingerprint density at radius 1 is 1.41 bits per heavy atom. The van der Waals surface area contributed by atoms with Gasteiger partial charge in [0, 0.05) is 24.7 Å². The molecule has 0 spiro atoms. The van der Waals surface area contributed by atoms with Gasteiger partial charge in [0.1, 0.15) is 17.0 Å². The number of halogens is 2. The molecule has 1 aliphatic heterocycles. The van der Waals surface area contributed by atoms with Crippen LogP contribution in [0.2, 0.25) is 0 Å². The first-order chi connectivity index (χ1) is 13.6. The third-order valence-electron chi connectivity index (χ3n) is 5.50. The van der Waals surface area contributed by atoms with E-state index >= 15 is 0 Å². The first-order valence-corrected chi connectivity index (χ1v) is 10.3. The number of pyridine rings is 1. The van der Waals surface area contributed by atoms with Crippen LogP contribution in [0.25, 0.3) is 10.9 Å². The van der Waals surface area contributed by atoms with Gasteiger partial charge in [-0.05, 0) is 57.7 Å². The highest BCUT2D eigenvalue weighted by Crippen LogP contribution is 2.27. The average Bonchev–Trinajstić information content (AvgIpc) is 2.59. The number of hydrogen-bond acceptors (Lipinski definition) is 3. The summed E-state index contributed by atoms with van der Waals surface area (Å²) in [4.78, 5) is 19.2. The number of rotatable bonds is 6. The van der Waals surface area contributed by atoms with Gasteiger partial charge in [0.05, 0.1) is 11.1 Å². The molecule has 1 amide bonds. The lowest BCUT2D eigenvalue weighted by molar-refractivity contribution is 0.0403. The van der Waals surface area contributed by atoms with E-state index in [-0.39, 0.29) is 11.4 Å². The normalized spacial score (nSPS) is 22.6. The van der Waals surface area contributed by atoms with E-state index in [0.717, 1.165) is 19.4 Å². The molecule has 1 aromatic carbocycles. The second kappa shape index (κ2) is 8.34. The van der Waals surface area contributed by atoms with Gasteiger partial charge in [-0.25, -0.2) is 8.78 Å². The van der Waals surface area contributed by atoms with Crippen molar-refractivity contribution in [1.29, 1.82) is 0 Å². The summed E-state index contributed by atoms with van der Waals surface area (Å²) < 4.78 is 28.4. The lowest BCUT2D eigenvalue weighted by Gasteiger charge is -2.42. The molecule has 6 heteroatoms. The second-order valence-corrected chi connectivity index (χ2v) is 9.38. The molecule has 29 heavy (non-hydrogen) atoms. The lowest BCUT2D eigenvalue weighted by Crippen LogP contribution is -2.57. The van der Waals surface area contributed by atoms with Gasteiger partial charge in [-0.2, -0.15) is 0 Å². The number of alkyl halides is 1. The molecule has 2 atom stereocenters. The van der Waals surface area contributed by atoms with E-state index < -0.39 is 17.0 Å². The summed E-state index contributed by atoms with van der Waals surface area (Å²) in [5.74, 6) is -0.281. The van der Waals surface area contributed by atoms with Crippen molar-refractivity contribution in [2.75, 3.05) is 19.6 Å². The first-order valence-electron chi connectivity index (χ1n) is 10.3. The molecule has 1 fully saturated rings. The number of para-hydroxylation sites is 1. The van der Waals surface area contributed by atoms with Crippen LogP contribution < -0.4 is 5.32 Å². The van der Waals surface area contributed by atoms with Crippen molar-refractivity contribution in [3.05, 3.63) is 41.8 Å². The van der Waals surface area contributed by atoms with Crippen molar-refractivity contribution in [1.82, 2.24) is 15.2 Å². The van der Waals surface area contributed by atoms with Gasteiger partial charge >= 0.3 is 0 Å². The van der Waals surface area contributed by atoms with Crippen molar-refractivity contribution in [3.8, 4) is 0 Å². The second-order valence-electron chi connectivity index (χ2n) is 9.38. The fraction of sp³-hybridized carbons (Fsp3) is 0.565. The Kier molecular flexibility index (Phi) is 6.22. The number of amides is 1. The SMILES string of the molecule is CC(C)CC(C)(CN1CCCC(C)(F)C1)NC(=O)c1cnc2c(F)cccc2c1. The van der Waals surface area contributed by atoms with Gasteiger partial charge in [-0.15, -0.1) is 0 Å². The number of carbonyl (C=O) groups is 1. The summed E-state index contributed by atoms with van der Waals surface area (Å²) >= 11 is 0. The monoisotopic (exact) mass is 403 g/mol. The molecular formula is C23H31F2N3O. The minimum absolute atomic E-state index is 0.244. The summed E-state index contributed by atoms with van der Waals surface area (Å²) in [6.07, 6.45) is 3.58. The van der Waals surface area contributed by atoms with Crippen LogP contribution in [-0.4, -0.2) is 46.6 Å². The van der Waals surface area contributed by atoms with Gasteiger partial charge in [-0.3, -0.25) is 14.7 Å². The van der Waals surface area contributed by atoms with Gasteiger partial charge in [0.15, 0.2) is 0 Å². The molecule has 3 rings (SSSR count). The predicted molar refractivity (Wildman–Crippen MR) is 112 cm³/mol. The molecule has 0 saturated carbocycles. The molecular weight excluding hydrogens is 372 g/mol.